The summed E-state index contributed by atoms with van der Waals surface area (Å²) in [5.41, 5.74) is 0.789. The zero-order valence-corrected chi connectivity index (χ0v) is 20.9. The highest BCUT2D eigenvalue weighted by Crippen LogP contribution is 2.36. The predicted molar refractivity (Wildman–Crippen MR) is 124 cm³/mol. The quantitative estimate of drug-likeness (QED) is 0.267. The van der Waals surface area contributed by atoms with Crippen molar-refractivity contribution in [2.45, 2.75) is 51.1 Å². The molecule has 0 radical (unpaired) electrons. The van der Waals surface area contributed by atoms with Crippen LogP contribution in [0.3, 0.4) is 0 Å². The molecule has 0 N–H and O–H groups in total. The lowest BCUT2D eigenvalue weighted by Gasteiger charge is -2.36. The van der Waals surface area contributed by atoms with E-state index in [9.17, 15) is 4.79 Å². The molecule has 7 heteroatoms. The molecular weight excluding hydrogens is 416 g/mol. The van der Waals surface area contributed by atoms with E-state index in [0.29, 0.717) is 11.5 Å². The summed E-state index contributed by atoms with van der Waals surface area (Å²) in [5.74, 6) is -1.51. The van der Waals surface area contributed by atoms with Gasteiger partial charge in [-0.3, -0.25) is 0 Å². The summed E-state index contributed by atoms with van der Waals surface area (Å²) in [7, 11) is 1.31. The van der Waals surface area contributed by atoms with E-state index >= 15 is 0 Å². The average molecular weight is 451 g/mol. The van der Waals surface area contributed by atoms with Crippen LogP contribution in [0.4, 0.5) is 0 Å². The summed E-state index contributed by atoms with van der Waals surface area (Å²) in [5, 5.41) is 0.186. The molecule has 1 aromatic heterocycles. The molecule has 0 saturated heterocycles. The number of benzene rings is 1. The van der Waals surface area contributed by atoms with Gasteiger partial charge in [-0.05, 0) is 30.3 Å². The van der Waals surface area contributed by atoms with Crippen molar-refractivity contribution in [2.75, 3.05) is 27.4 Å². The lowest BCUT2D eigenvalue weighted by Crippen LogP contribution is -2.41. The van der Waals surface area contributed by atoms with E-state index < -0.39 is 14.1 Å². The van der Waals surface area contributed by atoms with Crippen LogP contribution in [0.2, 0.25) is 18.1 Å². The molecule has 2 aromatic rings. The summed E-state index contributed by atoms with van der Waals surface area (Å²) in [6, 6.07) is 13.2. The lowest BCUT2D eigenvalue weighted by atomic mass is 10.1. The predicted octanol–water partition coefficient (Wildman–Crippen LogP) is 5.62. The van der Waals surface area contributed by atoms with Crippen molar-refractivity contribution in [1.82, 2.24) is 0 Å². The molecule has 0 saturated carbocycles. The largest absolute Gasteiger partial charge is 0.455 e. The van der Waals surface area contributed by atoms with E-state index in [1.54, 1.807) is 6.07 Å². The Labute approximate surface area is 185 Å². The van der Waals surface area contributed by atoms with Crippen LogP contribution in [0.15, 0.2) is 42.5 Å². The summed E-state index contributed by atoms with van der Waals surface area (Å²) in [6.07, 6.45) is 0.786. The standard InChI is InChI=1S/C23H34O5SSi/c1-22(2,3)30(6,7)28-16-15-19-13-14-20(29-19)21(24)27-17-23(25-4,26-5)18-11-9-8-10-12-18/h8-14H,15-17H2,1-7H3. The van der Waals surface area contributed by atoms with Crippen LogP contribution in [0, 0.1) is 0 Å². The minimum Gasteiger partial charge on any atom is -0.455 e. The first-order valence-electron chi connectivity index (χ1n) is 10.1. The maximum absolute atomic E-state index is 12.6. The van der Waals surface area contributed by atoms with Gasteiger partial charge in [-0.15, -0.1) is 11.3 Å². The van der Waals surface area contributed by atoms with Crippen molar-refractivity contribution in [3.05, 3.63) is 57.8 Å². The third-order valence-electron chi connectivity index (χ3n) is 5.75. The molecular formula is C23H34O5SSi. The van der Waals surface area contributed by atoms with Gasteiger partial charge in [0.2, 0.25) is 5.79 Å². The molecule has 0 atom stereocenters. The SMILES string of the molecule is COC(COC(=O)c1ccc(CCO[Si](C)(C)C(C)(C)C)s1)(OC)c1ccccc1. The molecule has 1 aromatic carbocycles. The number of ether oxygens (including phenoxy) is 3. The van der Waals surface area contributed by atoms with Crippen molar-refractivity contribution >= 4 is 25.6 Å². The van der Waals surface area contributed by atoms with Gasteiger partial charge in [0.25, 0.3) is 0 Å². The number of carbonyl (C=O) groups is 1. The molecule has 2 rings (SSSR count). The Bertz CT molecular complexity index is 807. The van der Waals surface area contributed by atoms with Gasteiger partial charge in [0.15, 0.2) is 14.9 Å². The van der Waals surface area contributed by atoms with Gasteiger partial charge < -0.3 is 18.6 Å². The van der Waals surface area contributed by atoms with Gasteiger partial charge in [-0.25, -0.2) is 4.79 Å². The number of hydrogen-bond donors (Lipinski definition) is 0. The Balaban J connectivity index is 1.95. The molecule has 1 heterocycles. The van der Waals surface area contributed by atoms with Crippen LogP contribution in [-0.4, -0.2) is 41.7 Å². The monoisotopic (exact) mass is 450 g/mol. The van der Waals surface area contributed by atoms with E-state index in [-0.39, 0.29) is 17.6 Å². The van der Waals surface area contributed by atoms with E-state index in [2.05, 4.69) is 33.9 Å². The van der Waals surface area contributed by atoms with E-state index in [0.717, 1.165) is 16.9 Å². The van der Waals surface area contributed by atoms with Gasteiger partial charge in [0.05, 0.1) is 0 Å². The van der Waals surface area contributed by atoms with Crippen LogP contribution in [0.5, 0.6) is 0 Å². The highest BCUT2D eigenvalue weighted by atomic mass is 32.1. The maximum Gasteiger partial charge on any atom is 0.348 e. The first kappa shape index (κ1) is 24.8. The smallest absolute Gasteiger partial charge is 0.348 e. The maximum atomic E-state index is 12.6. The van der Waals surface area contributed by atoms with Crippen molar-refractivity contribution < 1.29 is 23.4 Å². The van der Waals surface area contributed by atoms with Gasteiger partial charge in [-0.2, -0.15) is 0 Å². The number of thiophene rings is 1. The van der Waals surface area contributed by atoms with Gasteiger partial charge in [0, 0.05) is 37.7 Å². The Kier molecular flexibility index (Phi) is 8.41. The van der Waals surface area contributed by atoms with E-state index in [1.807, 2.05) is 36.4 Å². The molecule has 30 heavy (non-hydrogen) atoms. The van der Waals surface area contributed by atoms with Crippen molar-refractivity contribution in [2.24, 2.45) is 0 Å². The number of hydrogen-bond acceptors (Lipinski definition) is 6. The summed E-state index contributed by atoms with van der Waals surface area (Å²) in [6.45, 7) is 11.8. The number of carbonyl (C=O) groups excluding carboxylic acids is 1. The highest BCUT2D eigenvalue weighted by Gasteiger charge is 2.37. The Morgan fingerprint density at radius 3 is 2.20 bits per heavy atom. The summed E-state index contributed by atoms with van der Waals surface area (Å²) < 4.78 is 22.9. The molecule has 0 amide bonds. The van der Waals surface area contributed by atoms with E-state index in [1.165, 1.54) is 25.6 Å². The molecule has 0 aliphatic rings. The van der Waals surface area contributed by atoms with Crippen LogP contribution in [0.1, 0.15) is 40.9 Å². The van der Waals surface area contributed by atoms with Gasteiger partial charge >= 0.3 is 5.97 Å². The molecule has 166 valence electrons. The molecule has 0 spiro atoms. The topological polar surface area (TPSA) is 54.0 Å². The van der Waals surface area contributed by atoms with Crippen molar-refractivity contribution in [3.8, 4) is 0 Å². The van der Waals surface area contributed by atoms with Crippen molar-refractivity contribution in [1.29, 1.82) is 0 Å². The molecule has 0 fully saturated rings. The summed E-state index contributed by atoms with van der Waals surface area (Å²) in [4.78, 5) is 14.3. The lowest BCUT2D eigenvalue weighted by molar-refractivity contribution is -0.236. The molecule has 0 aliphatic heterocycles. The van der Waals surface area contributed by atoms with Crippen LogP contribution in [-0.2, 0) is 30.8 Å². The second-order valence-electron chi connectivity index (χ2n) is 8.73. The highest BCUT2D eigenvalue weighted by molar-refractivity contribution is 7.13. The number of rotatable bonds is 10. The Morgan fingerprint density at radius 1 is 1.00 bits per heavy atom. The van der Waals surface area contributed by atoms with Gasteiger partial charge in [-0.1, -0.05) is 51.1 Å². The minimum absolute atomic E-state index is 0.0371. The fraction of sp³-hybridized carbons (Fsp3) is 0.522. The number of esters is 1. The molecule has 0 unspecified atom stereocenters. The second-order valence-corrected chi connectivity index (χ2v) is 14.7. The number of methoxy groups -OCH3 is 2. The fourth-order valence-electron chi connectivity index (χ4n) is 2.69. The zero-order valence-electron chi connectivity index (χ0n) is 19.1. The normalized spacial score (nSPS) is 12.8. The van der Waals surface area contributed by atoms with Crippen LogP contribution < -0.4 is 0 Å². The van der Waals surface area contributed by atoms with Crippen LogP contribution in [0.25, 0.3) is 0 Å². The molecule has 5 nitrogen and oxygen atoms in total. The first-order chi connectivity index (χ1) is 14.0. The third kappa shape index (κ3) is 6.01. The minimum atomic E-state index is -1.76. The second kappa shape index (κ2) is 10.2. The van der Waals surface area contributed by atoms with Crippen LogP contribution >= 0.6 is 11.3 Å². The average Bonchev–Trinajstić information content (AvgIpc) is 3.18. The third-order valence-corrected chi connectivity index (χ3v) is 11.4. The fourth-order valence-corrected chi connectivity index (χ4v) is 4.62. The Morgan fingerprint density at radius 2 is 1.63 bits per heavy atom. The molecule has 0 aliphatic carbocycles. The van der Waals surface area contributed by atoms with Crippen molar-refractivity contribution in [3.63, 3.8) is 0 Å². The Hall–Kier alpha value is -1.51. The summed E-state index contributed by atoms with van der Waals surface area (Å²) >= 11 is 1.44. The zero-order chi connectivity index (χ0) is 22.4. The molecule has 0 bridgehead atoms. The first-order valence-corrected chi connectivity index (χ1v) is 13.8. The van der Waals surface area contributed by atoms with E-state index in [4.69, 9.17) is 18.6 Å². The van der Waals surface area contributed by atoms with Gasteiger partial charge in [0.1, 0.15) is 4.88 Å².